The lowest BCUT2D eigenvalue weighted by Gasteiger charge is -2.09. The van der Waals surface area contributed by atoms with Crippen LogP contribution in [0.1, 0.15) is 23.6 Å². The zero-order valence-corrected chi connectivity index (χ0v) is 17.7. The first-order valence-corrected chi connectivity index (χ1v) is 10.1. The molecular formula is C25H26N2O4. The first kappa shape index (κ1) is 21.9. The molecule has 6 nitrogen and oxygen atoms in total. The van der Waals surface area contributed by atoms with E-state index in [2.05, 4.69) is 10.3 Å². The smallest absolute Gasteiger partial charge is 0.244 e. The van der Waals surface area contributed by atoms with Gasteiger partial charge in [0.25, 0.3) is 0 Å². The van der Waals surface area contributed by atoms with Crippen molar-refractivity contribution in [3.05, 3.63) is 89.8 Å². The van der Waals surface area contributed by atoms with Gasteiger partial charge in [-0.25, -0.2) is 0 Å². The van der Waals surface area contributed by atoms with Crippen LogP contribution in [0.15, 0.2) is 73.1 Å². The van der Waals surface area contributed by atoms with Crippen LogP contribution in [0.3, 0.4) is 0 Å². The average molecular weight is 418 g/mol. The minimum atomic E-state index is -0.176. The number of nitrogens with one attached hydrogen (secondary N) is 1. The number of rotatable bonds is 10. The largest absolute Gasteiger partial charge is 0.493 e. The van der Waals surface area contributed by atoms with Gasteiger partial charge in [-0.3, -0.25) is 9.78 Å². The summed E-state index contributed by atoms with van der Waals surface area (Å²) in [5.74, 6) is 1.91. The first-order valence-electron chi connectivity index (χ1n) is 10.1. The Morgan fingerprint density at radius 2 is 1.87 bits per heavy atom. The standard InChI is InChI=1S/C25H26N2O4/c1-3-30-23-12-8-19(15-24(23)29-2)9-13-25(28)27-17-20-6-10-22(11-7-20)31-18-21-5-4-14-26-16-21/h4-16H,3,17-18H2,1-2H3,(H,27,28)/b13-9+. The third kappa shape index (κ3) is 6.89. The van der Waals surface area contributed by atoms with Crippen LogP contribution in [-0.4, -0.2) is 24.6 Å². The molecule has 0 saturated heterocycles. The fourth-order valence-corrected chi connectivity index (χ4v) is 2.84. The quantitative estimate of drug-likeness (QED) is 0.494. The molecule has 0 fully saturated rings. The van der Waals surface area contributed by atoms with E-state index in [1.807, 2.05) is 61.5 Å². The summed E-state index contributed by atoms with van der Waals surface area (Å²) in [5.41, 5.74) is 2.85. The molecule has 0 aliphatic carbocycles. The molecule has 1 amide bonds. The van der Waals surface area contributed by atoms with Crippen LogP contribution in [0, 0.1) is 0 Å². The SMILES string of the molecule is CCOc1ccc(/C=C/C(=O)NCc2ccc(OCc3cccnc3)cc2)cc1OC. The van der Waals surface area contributed by atoms with E-state index in [0.717, 1.165) is 22.4 Å². The van der Waals surface area contributed by atoms with Crippen LogP contribution < -0.4 is 19.5 Å². The van der Waals surface area contributed by atoms with Crippen molar-refractivity contribution < 1.29 is 19.0 Å². The van der Waals surface area contributed by atoms with Gasteiger partial charge in [0, 0.05) is 30.6 Å². The van der Waals surface area contributed by atoms with E-state index >= 15 is 0 Å². The summed E-state index contributed by atoms with van der Waals surface area (Å²) in [4.78, 5) is 16.2. The number of benzene rings is 2. The van der Waals surface area contributed by atoms with E-state index < -0.39 is 0 Å². The molecule has 0 aliphatic heterocycles. The van der Waals surface area contributed by atoms with E-state index in [1.165, 1.54) is 6.08 Å². The van der Waals surface area contributed by atoms with Gasteiger partial charge in [-0.2, -0.15) is 0 Å². The Kier molecular flexibility index (Phi) is 8.05. The maximum Gasteiger partial charge on any atom is 0.244 e. The van der Waals surface area contributed by atoms with Crippen molar-refractivity contribution in [2.75, 3.05) is 13.7 Å². The lowest BCUT2D eigenvalue weighted by atomic mass is 10.2. The molecule has 2 aromatic carbocycles. The highest BCUT2D eigenvalue weighted by molar-refractivity contribution is 5.91. The van der Waals surface area contributed by atoms with E-state index in [1.54, 1.807) is 25.6 Å². The van der Waals surface area contributed by atoms with Crippen LogP contribution in [0.4, 0.5) is 0 Å². The Balaban J connectivity index is 1.48. The van der Waals surface area contributed by atoms with Crippen LogP contribution in [0.2, 0.25) is 0 Å². The fraction of sp³-hybridized carbons (Fsp3) is 0.200. The molecule has 0 aliphatic rings. The number of amides is 1. The number of pyridine rings is 1. The number of hydrogen-bond acceptors (Lipinski definition) is 5. The monoisotopic (exact) mass is 418 g/mol. The normalized spacial score (nSPS) is 10.6. The van der Waals surface area contributed by atoms with Crippen molar-refractivity contribution in [2.24, 2.45) is 0 Å². The molecule has 0 saturated carbocycles. The summed E-state index contributed by atoms with van der Waals surface area (Å²) >= 11 is 0. The van der Waals surface area contributed by atoms with E-state index in [-0.39, 0.29) is 5.91 Å². The molecule has 1 aromatic heterocycles. The lowest BCUT2D eigenvalue weighted by molar-refractivity contribution is -0.116. The third-order valence-electron chi connectivity index (χ3n) is 4.43. The fourth-order valence-electron chi connectivity index (χ4n) is 2.84. The molecule has 1 heterocycles. The lowest BCUT2D eigenvalue weighted by Crippen LogP contribution is -2.20. The van der Waals surface area contributed by atoms with Gasteiger partial charge in [-0.15, -0.1) is 0 Å². The zero-order chi connectivity index (χ0) is 21.9. The number of hydrogen-bond donors (Lipinski definition) is 1. The van der Waals surface area contributed by atoms with Gasteiger partial charge in [0.2, 0.25) is 5.91 Å². The molecule has 3 rings (SSSR count). The number of aromatic nitrogens is 1. The highest BCUT2D eigenvalue weighted by Gasteiger charge is 2.04. The van der Waals surface area contributed by atoms with Crippen molar-refractivity contribution in [1.82, 2.24) is 10.3 Å². The molecular weight excluding hydrogens is 392 g/mol. The van der Waals surface area contributed by atoms with Gasteiger partial charge >= 0.3 is 0 Å². The molecule has 31 heavy (non-hydrogen) atoms. The van der Waals surface area contributed by atoms with Crippen LogP contribution in [-0.2, 0) is 17.9 Å². The number of methoxy groups -OCH3 is 1. The number of carbonyl (C=O) groups is 1. The minimum Gasteiger partial charge on any atom is -0.493 e. The van der Waals surface area contributed by atoms with Gasteiger partial charge in [-0.1, -0.05) is 24.3 Å². The third-order valence-corrected chi connectivity index (χ3v) is 4.43. The molecule has 160 valence electrons. The van der Waals surface area contributed by atoms with Crippen molar-refractivity contribution in [1.29, 1.82) is 0 Å². The molecule has 0 radical (unpaired) electrons. The summed E-state index contributed by atoms with van der Waals surface area (Å²) in [5, 5.41) is 2.88. The Labute approximate surface area is 182 Å². The van der Waals surface area contributed by atoms with Gasteiger partial charge in [-0.05, 0) is 54.5 Å². The summed E-state index contributed by atoms with van der Waals surface area (Å²) < 4.78 is 16.6. The van der Waals surface area contributed by atoms with Crippen LogP contribution >= 0.6 is 0 Å². The Morgan fingerprint density at radius 1 is 1.03 bits per heavy atom. The van der Waals surface area contributed by atoms with Crippen molar-refractivity contribution in [3.63, 3.8) is 0 Å². The predicted octanol–water partition coefficient (Wildman–Crippen LogP) is 4.40. The first-order chi connectivity index (χ1) is 15.2. The summed E-state index contributed by atoms with van der Waals surface area (Å²) in [6.45, 7) is 3.37. The van der Waals surface area contributed by atoms with Gasteiger partial charge in [0.1, 0.15) is 12.4 Å². The highest BCUT2D eigenvalue weighted by atomic mass is 16.5. The summed E-state index contributed by atoms with van der Waals surface area (Å²) in [6, 6.07) is 17.0. The topological polar surface area (TPSA) is 69.7 Å². The van der Waals surface area contributed by atoms with E-state index in [0.29, 0.717) is 31.3 Å². The summed E-state index contributed by atoms with van der Waals surface area (Å²) in [6.07, 6.45) is 6.75. The Morgan fingerprint density at radius 3 is 2.58 bits per heavy atom. The second-order valence-corrected chi connectivity index (χ2v) is 6.69. The maximum atomic E-state index is 12.2. The second-order valence-electron chi connectivity index (χ2n) is 6.69. The van der Waals surface area contributed by atoms with E-state index in [9.17, 15) is 4.79 Å². The Hall–Kier alpha value is -3.80. The second kappa shape index (κ2) is 11.4. The van der Waals surface area contributed by atoms with Crippen molar-refractivity contribution in [3.8, 4) is 17.2 Å². The molecule has 0 atom stereocenters. The summed E-state index contributed by atoms with van der Waals surface area (Å²) in [7, 11) is 1.59. The maximum absolute atomic E-state index is 12.2. The van der Waals surface area contributed by atoms with Gasteiger partial charge < -0.3 is 19.5 Å². The average Bonchev–Trinajstić information content (AvgIpc) is 2.82. The molecule has 0 unspecified atom stereocenters. The molecule has 1 N–H and O–H groups in total. The van der Waals surface area contributed by atoms with Crippen molar-refractivity contribution >= 4 is 12.0 Å². The number of nitrogens with zero attached hydrogens (tertiary/aromatic N) is 1. The van der Waals surface area contributed by atoms with Crippen molar-refractivity contribution in [2.45, 2.75) is 20.1 Å². The van der Waals surface area contributed by atoms with Gasteiger partial charge in [0.15, 0.2) is 11.5 Å². The predicted molar refractivity (Wildman–Crippen MR) is 120 cm³/mol. The van der Waals surface area contributed by atoms with E-state index in [4.69, 9.17) is 14.2 Å². The van der Waals surface area contributed by atoms with Gasteiger partial charge in [0.05, 0.1) is 13.7 Å². The highest BCUT2D eigenvalue weighted by Crippen LogP contribution is 2.28. The number of carbonyl (C=O) groups excluding carboxylic acids is 1. The minimum absolute atomic E-state index is 0.176. The Bertz CT molecular complexity index is 1000. The molecule has 0 bridgehead atoms. The zero-order valence-electron chi connectivity index (χ0n) is 17.7. The van der Waals surface area contributed by atoms with Crippen LogP contribution in [0.25, 0.3) is 6.08 Å². The molecule has 0 spiro atoms. The number of ether oxygens (including phenoxy) is 3. The molecule has 3 aromatic rings. The van der Waals surface area contributed by atoms with Crippen LogP contribution in [0.5, 0.6) is 17.2 Å². The molecule has 6 heteroatoms.